The van der Waals surface area contributed by atoms with Crippen molar-refractivity contribution in [2.75, 3.05) is 18.1 Å². The summed E-state index contributed by atoms with van der Waals surface area (Å²) in [4.78, 5) is 10.2. The van der Waals surface area contributed by atoms with Gasteiger partial charge in [0, 0.05) is 28.9 Å². The summed E-state index contributed by atoms with van der Waals surface area (Å²) in [7, 11) is -1.04. The fourth-order valence-corrected chi connectivity index (χ4v) is 2.68. The van der Waals surface area contributed by atoms with Crippen LogP contribution >= 0.6 is 0 Å². The Labute approximate surface area is 86.1 Å². The predicted molar refractivity (Wildman–Crippen MR) is 53.7 cm³/mol. The van der Waals surface area contributed by atoms with Crippen LogP contribution in [-0.4, -0.2) is 39.5 Å². The summed E-state index contributed by atoms with van der Waals surface area (Å²) in [6.45, 7) is 0.751. The Morgan fingerprint density at radius 1 is 1.50 bits per heavy atom. The first-order valence-electron chi connectivity index (χ1n) is 4.87. The first-order valence-corrected chi connectivity index (χ1v) is 6.35. The molecule has 0 saturated carbocycles. The number of carbonyl (C=O) groups is 1. The maximum atomic E-state index is 11.4. The molecule has 1 fully saturated rings. The maximum absolute atomic E-state index is 11.4. The lowest BCUT2D eigenvalue weighted by Gasteiger charge is -2.21. The summed E-state index contributed by atoms with van der Waals surface area (Å²) in [5.74, 6) is -0.148. The molecule has 0 amide bonds. The molecule has 4 nitrogen and oxygen atoms in total. The molecule has 2 unspecified atom stereocenters. The fraction of sp³-hybridized carbons (Fsp3) is 0.889. The highest BCUT2D eigenvalue weighted by Gasteiger charge is 2.16. The topological polar surface area (TPSA) is 63.6 Å². The van der Waals surface area contributed by atoms with Gasteiger partial charge in [0.2, 0.25) is 0 Å². The summed E-state index contributed by atoms with van der Waals surface area (Å²) in [5.41, 5.74) is 0. The van der Waals surface area contributed by atoms with Crippen LogP contribution in [0.1, 0.15) is 25.7 Å². The first-order chi connectivity index (χ1) is 6.68. The third-order valence-corrected chi connectivity index (χ3v) is 3.59. The van der Waals surface area contributed by atoms with Crippen molar-refractivity contribution >= 4 is 16.8 Å². The van der Waals surface area contributed by atoms with Crippen LogP contribution in [-0.2, 0) is 20.3 Å². The molecule has 0 bridgehead atoms. The van der Waals surface area contributed by atoms with Crippen molar-refractivity contribution in [3.8, 4) is 0 Å². The Bertz CT molecular complexity index is 211. The SMILES string of the molecule is O=C(O)CCS(=O)CC1CCCCO1. The molecule has 82 valence electrons. The molecule has 5 heteroatoms. The standard InChI is InChI=1S/C9H16O4S/c10-9(11)4-6-14(12)7-8-3-1-2-5-13-8/h8H,1-7H2,(H,10,11). The minimum Gasteiger partial charge on any atom is -0.481 e. The molecule has 0 radical (unpaired) electrons. The highest BCUT2D eigenvalue weighted by atomic mass is 32.2. The second-order valence-electron chi connectivity index (χ2n) is 3.44. The number of ether oxygens (including phenoxy) is 1. The van der Waals surface area contributed by atoms with Crippen molar-refractivity contribution in [3.63, 3.8) is 0 Å². The van der Waals surface area contributed by atoms with E-state index < -0.39 is 16.8 Å². The molecular weight excluding hydrogens is 204 g/mol. The lowest BCUT2D eigenvalue weighted by atomic mass is 10.1. The smallest absolute Gasteiger partial charge is 0.304 e. The van der Waals surface area contributed by atoms with E-state index >= 15 is 0 Å². The quantitative estimate of drug-likeness (QED) is 0.743. The summed E-state index contributed by atoms with van der Waals surface area (Å²) < 4.78 is 16.8. The van der Waals surface area contributed by atoms with Crippen molar-refractivity contribution < 1.29 is 18.8 Å². The van der Waals surface area contributed by atoms with E-state index in [4.69, 9.17) is 9.84 Å². The predicted octanol–water partition coefficient (Wildman–Crippen LogP) is 0.779. The van der Waals surface area contributed by atoms with Crippen LogP contribution in [0, 0.1) is 0 Å². The minimum atomic E-state index is -1.04. The molecule has 0 aromatic heterocycles. The van der Waals surface area contributed by atoms with Crippen molar-refractivity contribution in [1.82, 2.24) is 0 Å². The number of carboxylic acid groups (broad SMARTS) is 1. The van der Waals surface area contributed by atoms with Crippen LogP contribution in [0.4, 0.5) is 0 Å². The van der Waals surface area contributed by atoms with E-state index in [0.29, 0.717) is 5.75 Å². The van der Waals surface area contributed by atoms with Crippen LogP contribution in [0.5, 0.6) is 0 Å². The van der Waals surface area contributed by atoms with Gasteiger partial charge in [-0.3, -0.25) is 9.00 Å². The van der Waals surface area contributed by atoms with E-state index in [1.54, 1.807) is 0 Å². The molecule has 1 aliphatic heterocycles. The molecule has 1 N–H and O–H groups in total. The highest BCUT2D eigenvalue weighted by Crippen LogP contribution is 2.13. The van der Waals surface area contributed by atoms with Crippen molar-refractivity contribution in [2.45, 2.75) is 31.8 Å². The molecule has 1 rings (SSSR count). The molecule has 1 aliphatic rings. The number of aliphatic carboxylic acids is 1. The zero-order valence-electron chi connectivity index (χ0n) is 8.11. The van der Waals surface area contributed by atoms with E-state index in [9.17, 15) is 9.00 Å². The van der Waals surface area contributed by atoms with Gasteiger partial charge in [0.25, 0.3) is 0 Å². The van der Waals surface area contributed by atoms with Gasteiger partial charge in [0.1, 0.15) is 0 Å². The van der Waals surface area contributed by atoms with Gasteiger partial charge >= 0.3 is 5.97 Å². The van der Waals surface area contributed by atoms with Crippen LogP contribution in [0.2, 0.25) is 0 Å². The van der Waals surface area contributed by atoms with Gasteiger partial charge in [-0.1, -0.05) is 0 Å². The molecular formula is C9H16O4S. The zero-order chi connectivity index (χ0) is 10.4. The molecule has 1 heterocycles. The maximum Gasteiger partial charge on any atom is 0.304 e. The van der Waals surface area contributed by atoms with Gasteiger partial charge < -0.3 is 9.84 Å². The third-order valence-electron chi connectivity index (χ3n) is 2.19. The van der Waals surface area contributed by atoms with E-state index in [0.717, 1.165) is 25.9 Å². The normalized spacial score (nSPS) is 24.4. The number of hydrogen-bond donors (Lipinski definition) is 1. The van der Waals surface area contributed by atoms with Crippen LogP contribution in [0.25, 0.3) is 0 Å². The monoisotopic (exact) mass is 220 g/mol. The van der Waals surface area contributed by atoms with E-state index in [-0.39, 0.29) is 18.3 Å². The molecule has 1 saturated heterocycles. The third kappa shape index (κ3) is 4.72. The fourth-order valence-electron chi connectivity index (χ4n) is 1.43. The second-order valence-corrected chi connectivity index (χ2v) is 5.06. The van der Waals surface area contributed by atoms with Gasteiger partial charge in [-0.2, -0.15) is 0 Å². The summed E-state index contributed by atoms with van der Waals surface area (Å²) in [5, 5.41) is 8.40. The number of rotatable bonds is 5. The van der Waals surface area contributed by atoms with Crippen molar-refractivity contribution in [3.05, 3.63) is 0 Å². The van der Waals surface area contributed by atoms with Gasteiger partial charge in [-0.25, -0.2) is 0 Å². The van der Waals surface area contributed by atoms with Crippen LogP contribution in [0.3, 0.4) is 0 Å². The van der Waals surface area contributed by atoms with Gasteiger partial charge in [-0.05, 0) is 19.3 Å². The molecule has 0 spiro atoms. The lowest BCUT2D eigenvalue weighted by molar-refractivity contribution is -0.136. The molecule has 0 aliphatic carbocycles. The average Bonchev–Trinajstić information content (AvgIpc) is 2.16. The Morgan fingerprint density at radius 3 is 2.86 bits per heavy atom. The molecule has 0 aromatic carbocycles. The van der Waals surface area contributed by atoms with Crippen LogP contribution < -0.4 is 0 Å². The largest absolute Gasteiger partial charge is 0.481 e. The Balaban J connectivity index is 2.15. The van der Waals surface area contributed by atoms with Crippen molar-refractivity contribution in [2.24, 2.45) is 0 Å². The van der Waals surface area contributed by atoms with Crippen LogP contribution in [0.15, 0.2) is 0 Å². The highest BCUT2D eigenvalue weighted by molar-refractivity contribution is 7.85. The molecule has 2 atom stereocenters. The van der Waals surface area contributed by atoms with Crippen molar-refractivity contribution in [1.29, 1.82) is 0 Å². The lowest BCUT2D eigenvalue weighted by Crippen LogP contribution is -2.26. The number of hydrogen-bond acceptors (Lipinski definition) is 3. The van der Waals surface area contributed by atoms with Gasteiger partial charge in [0.15, 0.2) is 0 Å². The first kappa shape index (κ1) is 11.7. The van der Waals surface area contributed by atoms with E-state index in [2.05, 4.69) is 0 Å². The van der Waals surface area contributed by atoms with Gasteiger partial charge in [0.05, 0.1) is 12.5 Å². The Kier molecular flexibility index (Phi) is 5.11. The number of carboxylic acids is 1. The Morgan fingerprint density at radius 2 is 2.29 bits per heavy atom. The summed E-state index contributed by atoms with van der Waals surface area (Å²) >= 11 is 0. The second kappa shape index (κ2) is 6.14. The minimum absolute atomic E-state index is 0.0146. The Hall–Kier alpha value is -0.420. The van der Waals surface area contributed by atoms with E-state index in [1.165, 1.54) is 0 Å². The zero-order valence-corrected chi connectivity index (χ0v) is 8.92. The summed E-state index contributed by atoms with van der Waals surface area (Å²) in [6.07, 6.45) is 3.23. The molecule has 0 aromatic rings. The van der Waals surface area contributed by atoms with E-state index in [1.807, 2.05) is 0 Å². The van der Waals surface area contributed by atoms with Gasteiger partial charge in [-0.15, -0.1) is 0 Å². The summed E-state index contributed by atoms with van der Waals surface area (Å²) in [6, 6.07) is 0. The average molecular weight is 220 g/mol. The molecule has 14 heavy (non-hydrogen) atoms.